The molecular weight excluding hydrogens is 412 g/mol. The number of rotatable bonds is 8. The third-order valence-electron chi connectivity index (χ3n) is 4.72. The number of nitrogens with one attached hydrogen (secondary N) is 2. The van der Waals surface area contributed by atoms with E-state index in [4.69, 9.17) is 18.4 Å². The number of urea groups is 1. The summed E-state index contributed by atoms with van der Waals surface area (Å²) in [5.74, 6) is 2.55. The number of hydrogen-bond acceptors (Lipinski definition) is 7. The van der Waals surface area contributed by atoms with E-state index in [1.807, 2.05) is 36.4 Å². The summed E-state index contributed by atoms with van der Waals surface area (Å²) in [6.07, 6.45) is 1.91. The molecule has 0 unspecified atom stereocenters. The molecule has 2 N–H and O–H groups in total. The molecule has 32 heavy (non-hydrogen) atoms. The molecule has 2 aromatic heterocycles. The van der Waals surface area contributed by atoms with Crippen molar-refractivity contribution in [3.05, 3.63) is 77.9 Å². The number of amides is 2. The molecule has 9 heteroatoms. The first-order valence-corrected chi connectivity index (χ1v) is 9.86. The number of furan rings is 1. The lowest BCUT2D eigenvalue weighted by molar-refractivity contribution is 0.251. The van der Waals surface area contributed by atoms with Crippen LogP contribution in [0.25, 0.3) is 11.6 Å². The Morgan fingerprint density at radius 1 is 1.03 bits per heavy atom. The van der Waals surface area contributed by atoms with Crippen molar-refractivity contribution in [2.24, 2.45) is 0 Å². The predicted octanol–water partition coefficient (Wildman–Crippen LogP) is 4.26. The van der Waals surface area contributed by atoms with E-state index in [0.717, 1.165) is 11.1 Å². The highest BCUT2D eigenvalue weighted by Crippen LogP contribution is 2.27. The largest absolute Gasteiger partial charge is 0.493 e. The highest BCUT2D eigenvalue weighted by Gasteiger charge is 2.14. The molecule has 9 nitrogen and oxygen atoms in total. The van der Waals surface area contributed by atoms with Crippen molar-refractivity contribution in [1.29, 1.82) is 0 Å². The summed E-state index contributed by atoms with van der Waals surface area (Å²) in [4.78, 5) is 16.8. The number of aromatic nitrogens is 2. The van der Waals surface area contributed by atoms with Crippen molar-refractivity contribution in [2.75, 3.05) is 19.5 Å². The van der Waals surface area contributed by atoms with Crippen LogP contribution in [0.2, 0.25) is 0 Å². The summed E-state index contributed by atoms with van der Waals surface area (Å²) < 4.78 is 21.1. The molecule has 0 saturated heterocycles. The molecule has 0 radical (unpaired) electrons. The van der Waals surface area contributed by atoms with Crippen LogP contribution in [-0.4, -0.2) is 30.4 Å². The Morgan fingerprint density at radius 2 is 1.88 bits per heavy atom. The lowest BCUT2D eigenvalue weighted by Gasteiger charge is -2.12. The van der Waals surface area contributed by atoms with Crippen molar-refractivity contribution >= 4 is 11.7 Å². The standard InChI is InChI=1S/C23H22N4O5/c1-29-18-10-9-15(12-20(18)30-2)14-24-23(28)25-17-7-4-3-6-16(17)13-21-26-22(27-32-21)19-8-5-11-31-19/h3-12H,13-14H2,1-2H3,(H2,24,25,28). The normalized spacial score (nSPS) is 10.6. The van der Waals surface area contributed by atoms with E-state index in [1.165, 1.54) is 0 Å². The van der Waals surface area contributed by atoms with Crippen LogP contribution in [0.5, 0.6) is 11.5 Å². The molecule has 0 spiro atoms. The van der Waals surface area contributed by atoms with E-state index >= 15 is 0 Å². The molecule has 2 amide bonds. The Morgan fingerprint density at radius 3 is 2.66 bits per heavy atom. The minimum atomic E-state index is -0.339. The first-order chi connectivity index (χ1) is 15.7. The summed E-state index contributed by atoms with van der Waals surface area (Å²) >= 11 is 0. The van der Waals surface area contributed by atoms with Crippen LogP contribution in [-0.2, 0) is 13.0 Å². The third-order valence-corrected chi connectivity index (χ3v) is 4.72. The van der Waals surface area contributed by atoms with Gasteiger partial charge >= 0.3 is 6.03 Å². The molecule has 0 aliphatic heterocycles. The summed E-state index contributed by atoms with van der Waals surface area (Å²) in [5, 5.41) is 9.65. The zero-order valence-electron chi connectivity index (χ0n) is 17.6. The smallest absolute Gasteiger partial charge is 0.319 e. The van der Waals surface area contributed by atoms with Crippen LogP contribution in [0, 0.1) is 0 Å². The molecular formula is C23H22N4O5. The number of methoxy groups -OCH3 is 2. The van der Waals surface area contributed by atoms with Gasteiger partial charge in [-0.1, -0.05) is 29.4 Å². The number of nitrogens with zero attached hydrogens (tertiary/aromatic N) is 2. The number of carbonyl (C=O) groups is 1. The zero-order chi connectivity index (χ0) is 22.3. The zero-order valence-corrected chi connectivity index (χ0v) is 17.6. The summed E-state index contributed by atoms with van der Waals surface area (Å²) in [6.45, 7) is 0.324. The van der Waals surface area contributed by atoms with E-state index in [0.29, 0.717) is 47.6 Å². The van der Waals surface area contributed by atoms with Gasteiger partial charge in [-0.2, -0.15) is 4.98 Å². The maximum atomic E-state index is 12.5. The fourth-order valence-corrected chi connectivity index (χ4v) is 3.13. The molecule has 0 aliphatic rings. The van der Waals surface area contributed by atoms with E-state index < -0.39 is 0 Å². The molecule has 0 aliphatic carbocycles. The van der Waals surface area contributed by atoms with E-state index in [-0.39, 0.29) is 6.03 Å². The molecule has 0 atom stereocenters. The maximum Gasteiger partial charge on any atom is 0.319 e. The molecule has 4 aromatic rings. The van der Waals surface area contributed by atoms with Crippen molar-refractivity contribution < 1.29 is 23.2 Å². The number of benzene rings is 2. The van der Waals surface area contributed by atoms with Crippen LogP contribution >= 0.6 is 0 Å². The van der Waals surface area contributed by atoms with Gasteiger partial charge < -0.3 is 29.0 Å². The topological polar surface area (TPSA) is 112 Å². The fraction of sp³-hybridized carbons (Fsp3) is 0.174. The van der Waals surface area contributed by atoms with Crippen molar-refractivity contribution in [2.45, 2.75) is 13.0 Å². The van der Waals surface area contributed by atoms with Gasteiger partial charge in [-0.3, -0.25) is 0 Å². The first-order valence-electron chi connectivity index (χ1n) is 9.86. The Labute approximate surface area is 184 Å². The quantitative estimate of drug-likeness (QED) is 0.426. The van der Waals surface area contributed by atoms with Gasteiger partial charge in [-0.05, 0) is 41.5 Å². The van der Waals surface area contributed by atoms with Crippen LogP contribution < -0.4 is 20.1 Å². The lowest BCUT2D eigenvalue weighted by atomic mass is 10.1. The lowest BCUT2D eigenvalue weighted by Crippen LogP contribution is -2.28. The average Bonchev–Trinajstić information content (AvgIpc) is 3.51. The van der Waals surface area contributed by atoms with Gasteiger partial charge in [0.1, 0.15) is 0 Å². The second-order valence-electron chi connectivity index (χ2n) is 6.82. The van der Waals surface area contributed by atoms with Gasteiger partial charge in [-0.15, -0.1) is 0 Å². The van der Waals surface area contributed by atoms with Crippen molar-refractivity contribution in [3.63, 3.8) is 0 Å². The van der Waals surface area contributed by atoms with Gasteiger partial charge in [0.05, 0.1) is 26.9 Å². The third kappa shape index (κ3) is 4.89. The van der Waals surface area contributed by atoms with Crippen LogP contribution in [0.1, 0.15) is 17.0 Å². The number of anilines is 1. The van der Waals surface area contributed by atoms with Crippen LogP contribution in [0.4, 0.5) is 10.5 Å². The van der Waals surface area contributed by atoms with Gasteiger partial charge in [0.15, 0.2) is 17.3 Å². The molecule has 2 heterocycles. The minimum Gasteiger partial charge on any atom is -0.493 e. The molecule has 4 rings (SSSR count). The highest BCUT2D eigenvalue weighted by molar-refractivity contribution is 5.90. The van der Waals surface area contributed by atoms with E-state index in [1.54, 1.807) is 38.7 Å². The first kappa shape index (κ1) is 21.0. The minimum absolute atomic E-state index is 0.324. The molecule has 2 aromatic carbocycles. The van der Waals surface area contributed by atoms with Gasteiger partial charge in [0.2, 0.25) is 11.7 Å². The van der Waals surface area contributed by atoms with Crippen LogP contribution in [0.3, 0.4) is 0 Å². The van der Waals surface area contributed by atoms with Crippen LogP contribution in [0.15, 0.2) is 69.8 Å². The van der Waals surface area contributed by atoms with Gasteiger partial charge in [0.25, 0.3) is 0 Å². The number of para-hydroxylation sites is 1. The molecule has 164 valence electrons. The molecule has 0 saturated carbocycles. The maximum absolute atomic E-state index is 12.5. The van der Waals surface area contributed by atoms with Crippen molar-refractivity contribution in [1.82, 2.24) is 15.5 Å². The number of hydrogen-bond donors (Lipinski definition) is 2. The van der Waals surface area contributed by atoms with Gasteiger partial charge in [-0.25, -0.2) is 4.79 Å². The summed E-state index contributed by atoms with van der Waals surface area (Å²) in [7, 11) is 3.15. The predicted molar refractivity (Wildman–Crippen MR) is 117 cm³/mol. The second-order valence-corrected chi connectivity index (χ2v) is 6.82. The monoisotopic (exact) mass is 434 g/mol. The fourth-order valence-electron chi connectivity index (χ4n) is 3.13. The Hall–Kier alpha value is -4.27. The molecule has 0 fully saturated rings. The SMILES string of the molecule is COc1ccc(CNC(=O)Nc2ccccc2Cc2nc(-c3ccco3)no2)cc1OC. The second kappa shape index (κ2) is 9.69. The molecule has 0 bridgehead atoms. The number of carbonyl (C=O) groups excluding carboxylic acids is 1. The average molecular weight is 434 g/mol. The van der Waals surface area contributed by atoms with E-state index in [9.17, 15) is 4.79 Å². The highest BCUT2D eigenvalue weighted by atomic mass is 16.5. The number of ether oxygens (including phenoxy) is 2. The summed E-state index contributed by atoms with van der Waals surface area (Å²) in [5.41, 5.74) is 2.36. The summed E-state index contributed by atoms with van der Waals surface area (Å²) in [6, 6.07) is 16.1. The Kier molecular flexibility index (Phi) is 6.35. The van der Waals surface area contributed by atoms with Crippen molar-refractivity contribution in [3.8, 4) is 23.1 Å². The Balaban J connectivity index is 1.39. The Bertz CT molecular complexity index is 1190. The van der Waals surface area contributed by atoms with E-state index in [2.05, 4.69) is 20.8 Å². The van der Waals surface area contributed by atoms with Gasteiger partial charge in [0, 0.05) is 12.2 Å².